The van der Waals surface area contributed by atoms with Gasteiger partial charge in [-0.15, -0.1) is 0 Å². The van der Waals surface area contributed by atoms with Crippen LogP contribution in [-0.4, -0.2) is 20.8 Å². The number of rotatable bonds is 0. The maximum Gasteiger partial charge on any atom is 1.00 e. The topological polar surface area (TPSA) is 57.5 Å². The van der Waals surface area contributed by atoms with Gasteiger partial charge < -0.3 is 11.2 Å². The molecular formula is H7ClNaO3PSi. The van der Waals surface area contributed by atoms with Crippen LogP contribution in [0.1, 0.15) is 1.43 Å². The number of hydrogen-bond donors (Lipinski definition) is 2. The molecule has 0 aliphatic carbocycles. The van der Waals surface area contributed by atoms with Gasteiger partial charge in [-0.2, -0.15) is 0 Å². The maximum absolute atomic E-state index is 9.09. The Hall–Kier alpha value is 1.66. The van der Waals surface area contributed by atoms with Gasteiger partial charge in [0.15, 0.2) is 0 Å². The Labute approximate surface area is 74.2 Å². The van der Waals surface area contributed by atoms with Gasteiger partial charge in [0.2, 0.25) is 0 Å². The summed E-state index contributed by atoms with van der Waals surface area (Å²) in [5.74, 6) is 0. The molecule has 0 heterocycles. The van der Waals surface area contributed by atoms with E-state index in [0.29, 0.717) is 0 Å². The molecule has 0 aromatic carbocycles. The van der Waals surface area contributed by atoms with E-state index in [1.807, 2.05) is 0 Å². The molecule has 0 atom stereocenters. The van der Waals surface area contributed by atoms with Crippen molar-refractivity contribution < 1.29 is 45.3 Å². The SMILES string of the molecule is O=P(O)(O)Cl.[H-].[Na+].[SiH4]. The number of halogens is 1. The van der Waals surface area contributed by atoms with Gasteiger partial charge in [0, 0.05) is 11.2 Å². The van der Waals surface area contributed by atoms with E-state index in [2.05, 4.69) is 11.2 Å². The summed E-state index contributed by atoms with van der Waals surface area (Å²) in [6.07, 6.45) is 0. The Kier molecular flexibility index (Phi) is 13.1. The first-order valence-electron chi connectivity index (χ1n) is 0.752. The van der Waals surface area contributed by atoms with Crippen molar-refractivity contribution in [1.82, 2.24) is 0 Å². The molecule has 0 radical (unpaired) electrons. The van der Waals surface area contributed by atoms with Crippen LogP contribution in [0.4, 0.5) is 0 Å². The monoisotopic (exact) mass is 172 g/mol. The standard InChI is InChI=1S/ClH2O3P.Na.H4Si.H/c1-5(2,3)4;;;/h(H2,2,3,4);;1H4;/q;+1;;-1. The first kappa shape index (κ1) is 15.9. The van der Waals surface area contributed by atoms with Crippen LogP contribution in [0.15, 0.2) is 0 Å². The average Bonchev–Trinajstić information content (AvgIpc) is 0.722. The van der Waals surface area contributed by atoms with Crippen molar-refractivity contribution >= 4 is 29.2 Å². The molecule has 0 rings (SSSR count). The predicted molar refractivity (Wildman–Crippen MR) is 30.3 cm³/mol. The van der Waals surface area contributed by atoms with Gasteiger partial charge in [-0.25, -0.2) is 4.57 Å². The van der Waals surface area contributed by atoms with E-state index < -0.39 is 6.95 Å². The molecule has 7 heteroatoms. The Morgan fingerprint density at radius 3 is 1.57 bits per heavy atom. The normalized spacial score (nSPS) is 8.43. The summed E-state index contributed by atoms with van der Waals surface area (Å²) in [5.41, 5.74) is 0. The molecule has 0 aromatic heterocycles. The van der Waals surface area contributed by atoms with Gasteiger partial charge in [-0.3, -0.25) is 0 Å². The third-order valence-corrected chi connectivity index (χ3v) is 0. The van der Waals surface area contributed by atoms with E-state index in [0.717, 1.165) is 0 Å². The zero-order valence-electron chi connectivity index (χ0n) is 4.13. The summed E-state index contributed by atoms with van der Waals surface area (Å²) >= 11 is 4.20. The molecule has 0 saturated heterocycles. The van der Waals surface area contributed by atoms with Crippen LogP contribution in [0.25, 0.3) is 0 Å². The molecule has 3 nitrogen and oxygen atoms in total. The van der Waals surface area contributed by atoms with Gasteiger partial charge in [0.1, 0.15) is 0 Å². The minimum atomic E-state index is -4.17. The summed E-state index contributed by atoms with van der Waals surface area (Å²) in [5, 5.41) is 0. The van der Waals surface area contributed by atoms with Crippen molar-refractivity contribution in [3.05, 3.63) is 0 Å². The Morgan fingerprint density at radius 1 is 1.57 bits per heavy atom. The fourth-order valence-electron chi connectivity index (χ4n) is 0. The molecule has 0 aromatic rings. The molecule has 0 fully saturated rings. The van der Waals surface area contributed by atoms with E-state index in [-0.39, 0.29) is 41.9 Å². The van der Waals surface area contributed by atoms with Gasteiger partial charge in [-0.05, 0) is 11.0 Å². The predicted octanol–water partition coefficient (Wildman–Crippen LogP) is -4.02. The van der Waals surface area contributed by atoms with Crippen LogP contribution in [0.2, 0.25) is 0 Å². The molecule has 2 N–H and O–H groups in total. The quantitative estimate of drug-likeness (QED) is 0.289. The summed E-state index contributed by atoms with van der Waals surface area (Å²) < 4.78 is 9.09. The summed E-state index contributed by atoms with van der Waals surface area (Å²) in [7, 11) is 0. The van der Waals surface area contributed by atoms with Crippen LogP contribution in [0, 0.1) is 0 Å². The second-order valence-corrected chi connectivity index (χ2v) is 2.74. The van der Waals surface area contributed by atoms with Crippen LogP contribution < -0.4 is 29.6 Å². The third kappa shape index (κ3) is 89.3. The fourth-order valence-corrected chi connectivity index (χ4v) is 0. The zero-order chi connectivity index (χ0) is 4.50. The van der Waals surface area contributed by atoms with Crippen molar-refractivity contribution in [3.63, 3.8) is 0 Å². The van der Waals surface area contributed by atoms with E-state index in [9.17, 15) is 0 Å². The summed E-state index contributed by atoms with van der Waals surface area (Å²) in [4.78, 5) is 14.8. The molecule has 0 amide bonds. The van der Waals surface area contributed by atoms with E-state index in [4.69, 9.17) is 14.4 Å². The fraction of sp³-hybridized carbons (Fsp3) is 0. The van der Waals surface area contributed by atoms with E-state index in [1.54, 1.807) is 0 Å². The van der Waals surface area contributed by atoms with Crippen LogP contribution >= 0.6 is 18.2 Å². The summed E-state index contributed by atoms with van der Waals surface area (Å²) in [6, 6.07) is 0. The second kappa shape index (κ2) is 5.79. The van der Waals surface area contributed by atoms with Crippen LogP contribution in [-0.2, 0) is 4.57 Å². The Morgan fingerprint density at radius 2 is 1.57 bits per heavy atom. The first-order chi connectivity index (χ1) is 2.00. The molecule has 0 saturated carbocycles. The second-order valence-electron chi connectivity index (χ2n) is 0.473. The minimum Gasteiger partial charge on any atom is -1.00 e. The molecule has 0 unspecified atom stereocenters. The molecule has 7 heavy (non-hydrogen) atoms. The number of hydrogen-bond acceptors (Lipinski definition) is 1. The Bertz CT molecular complexity index is 65.4. The van der Waals surface area contributed by atoms with Crippen LogP contribution in [0.5, 0.6) is 0 Å². The van der Waals surface area contributed by atoms with Crippen LogP contribution in [0.3, 0.4) is 0 Å². The van der Waals surface area contributed by atoms with Crippen molar-refractivity contribution in [3.8, 4) is 0 Å². The minimum absolute atomic E-state index is 0. The first-order valence-corrected chi connectivity index (χ1v) is 3.27. The van der Waals surface area contributed by atoms with Crippen molar-refractivity contribution in [2.75, 3.05) is 0 Å². The molecular weight excluding hydrogens is 166 g/mol. The van der Waals surface area contributed by atoms with Gasteiger partial charge in [0.25, 0.3) is 0 Å². The molecule has 42 valence electrons. The van der Waals surface area contributed by atoms with E-state index in [1.165, 1.54) is 0 Å². The molecule has 0 spiro atoms. The largest absolute Gasteiger partial charge is 1.00 e. The summed E-state index contributed by atoms with van der Waals surface area (Å²) in [6.45, 7) is -4.17. The van der Waals surface area contributed by atoms with Crippen molar-refractivity contribution in [2.24, 2.45) is 0 Å². The zero-order valence-corrected chi connectivity index (χ0v) is 6.78. The maximum atomic E-state index is 9.09. The van der Waals surface area contributed by atoms with Gasteiger partial charge in [0.05, 0.1) is 0 Å². The van der Waals surface area contributed by atoms with E-state index >= 15 is 0 Å². The average molecular weight is 173 g/mol. The smallest absolute Gasteiger partial charge is 1.00 e. The van der Waals surface area contributed by atoms with Gasteiger partial charge >= 0.3 is 36.5 Å². The Balaban J connectivity index is -0.0000000267. The van der Waals surface area contributed by atoms with Crippen molar-refractivity contribution in [1.29, 1.82) is 0 Å². The molecule has 0 aliphatic heterocycles. The molecule has 0 bridgehead atoms. The van der Waals surface area contributed by atoms with Gasteiger partial charge in [-0.1, -0.05) is 0 Å². The molecule has 0 aliphatic rings. The third-order valence-electron chi connectivity index (χ3n) is 0. The van der Waals surface area contributed by atoms with Crippen molar-refractivity contribution in [2.45, 2.75) is 0 Å².